The lowest BCUT2D eigenvalue weighted by Gasteiger charge is -2.18. The van der Waals surface area contributed by atoms with Crippen LogP contribution in [-0.4, -0.2) is 42.2 Å². The molecule has 0 amide bonds. The molecule has 0 unspecified atom stereocenters. The van der Waals surface area contributed by atoms with Gasteiger partial charge in [-0.3, -0.25) is 0 Å². The summed E-state index contributed by atoms with van der Waals surface area (Å²) < 4.78 is 5.73. The standard InChI is InChI=1S/C16H29N3O/c1-6-19(7-2)10-11-20-16-9-8-15(14(5)18-16)12-17-13(3)4/h8-9,13,17H,6-7,10-12H2,1-5H3. The van der Waals surface area contributed by atoms with Crippen LogP contribution in [0.2, 0.25) is 0 Å². The van der Waals surface area contributed by atoms with E-state index < -0.39 is 0 Å². The maximum Gasteiger partial charge on any atom is 0.213 e. The van der Waals surface area contributed by atoms with Gasteiger partial charge in [0.05, 0.1) is 0 Å². The van der Waals surface area contributed by atoms with E-state index in [9.17, 15) is 0 Å². The van der Waals surface area contributed by atoms with Gasteiger partial charge in [0, 0.05) is 30.9 Å². The Balaban J connectivity index is 2.46. The largest absolute Gasteiger partial charge is 0.476 e. The molecule has 0 saturated heterocycles. The molecule has 4 nitrogen and oxygen atoms in total. The summed E-state index contributed by atoms with van der Waals surface area (Å²) in [6.07, 6.45) is 0. The van der Waals surface area contributed by atoms with Gasteiger partial charge in [0.15, 0.2) is 0 Å². The lowest BCUT2D eigenvalue weighted by molar-refractivity contribution is 0.217. The molecular formula is C16H29N3O. The highest BCUT2D eigenvalue weighted by atomic mass is 16.5. The highest BCUT2D eigenvalue weighted by molar-refractivity contribution is 5.24. The second kappa shape index (κ2) is 8.93. The Kier molecular flexibility index (Phi) is 7.55. The maximum atomic E-state index is 5.73. The summed E-state index contributed by atoms with van der Waals surface area (Å²) in [5, 5.41) is 3.41. The fourth-order valence-corrected chi connectivity index (χ4v) is 1.97. The molecule has 1 aromatic rings. The number of hydrogen-bond donors (Lipinski definition) is 1. The topological polar surface area (TPSA) is 37.4 Å². The van der Waals surface area contributed by atoms with Crippen molar-refractivity contribution < 1.29 is 4.74 Å². The van der Waals surface area contributed by atoms with Crippen molar-refractivity contribution in [3.63, 3.8) is 0 Å². The Morgan fingerprint density at radius 3 is 2.50 bits per heavy atom. The Labute approximate surface area is 123 Å². The van der Waals surface area contributed by atoms with E-state index in [1.54, 1.807) is 0 Å². The summed E-state index contributed by atoms with van der Waals surface area (Å²) in [6.45, 7) is 15.3. The first kappa shape index (κ1) is 16.9. The van der Waals surface area contributed by atoms with E-state index in [1.165, 1.54) is 5.56 Å². The normalized spacial score (nSPS) is 11.3. The molecule has 0 atom stereocenters. The van der Waals surface area contributed by atoms with Gasteiger partial charge in [0.2, 0.25) is 5.88 Å². The molecule has 114 valence electrons. The average Bonchev–Trinajstić information content (AvgIpc) is 2.42. The lowest BCUT2D eigenvalue weighted by atomic mass is 10.2. The minimum atomic E-state index is 0.486. The fourth-order valence-electron chi connectivity index (χ4n) is 1.97. The number of ether oxygens (including phenoxy) is 1. The van der Waals surface area contributed by atoms with Gasteiger partial charge in [0.25, 0.3) is 0 Å². The zero-order valence-electron chi connectivity index (χ0n) is 13.6. The van der Waals surface area contributed by atoms with Crippen LogP contribution in [0.4, 0.5) is 0 Å². The van der Waals surface area contributed by atoms with Crippen LogP contribution in [0.3, 0.4) is 0 Å². The van der Waals surface area contributed by atoms with E-state index in [2.05, 4.69) is 49.0 Å². The van der Waals surface area contributed by atoms with Crippen LogP contribution < -0.4 is 10.1 Å². The molecule has 1 aromatic heterocycles. The van der Waals surface area contributed by atoms with E-state index in [-0.39, 0.29) is 0 Å². The highest BCUT2D eigenvalue weighted by Crippen LogP contribution is 2.12. The SMILES string of the molecule is CCN(CC)CCOc1ccc(CNC(C)C)c(C)n1. The summed E-state index contributed by atoms with van der Waals surface area (Å²) >= 11 is 0. The number of rotatable bonds is 9. The van der Waals surface area contributed by atoms with Gasteiger partial charge >= 0.3 is 0 Å². The Hall–Kier alpha value is -1.13. The van der Waals surface area contributed by atoms with Crippen molar-refractivity contribution in [3.8, 4) is 5.88 Å². The molecule has 0 spiro atoms. The van der Waals surface area contributed by atoms with E-state index in [1.807, 2.05) is 13.0 Å². The third kappa shape index (κ3) is 5.88. The third-order valence-corrected chi connectivity index (χ3v) is 3.42. The maximum absolute atomic E-state index is 5.73. The van der Waals surface area contributed by atoms with Crippen LogP contribution in [0.1, 0.15) is 39.0 Å². The number of nitrogens with zero attached hydrogens (tertiary/aromatic N) is 2. The Bertz CT molecular complexity index is 389. The smallest absolute Gasteiger partial charge is 0.213 e. The van der Waals surface area contributed by atoms with Gasteiger partial charge in [0.1, 0.15) is 6.61 Å². The number of aryl methyl sites for hydroxylation is 1. The zero-order chi connectivity index (χ0) is 15.0. The minimum absolute atomic E-state index is 0.486. The number of nitrogens with one attached hydrogen (secondary N) is 1. The van der Waals surface area contributed by atoms with Gasteiger partial charge in [-0.15, -0.1) is 0 Å². The van der Waals surface area contributed by atoms with Crippen molar-refractivity contribution in [1.29, 1.82) is 0 Å². The number of likely N-dealkylation sites (N-methyl/N-ethyl adjacent to an activating group) is 1. The predicted molar refractivity (Wildman–Crippen MR) is 84.2 cm³/mol. The van der Waals surface area contributed by atoms with Crippen LogP contribution in [-0.2, 0) is 6.54 Å². The quantitative estimate of drug-likeness (QED) is 0.754. The van der Waals surface area contributed by atoms with Crippen LogP contribution in [0, 0.1) is 6.92 Å². The molecule has 1 heterocycles. The van der Waals surface area contributed by atoms with Crippen molar-refractivity contribution in [2.75, 3.05) is 26.2 Å². The molecular weight excluding hydrogens is 250 g/mol. The number of aromatic nitrogens is 1. The van der Waals surface area contributed by atoms with Crippen LogP contribution in [0.5, 0.6) is 5.88 Å². The lowest BCUT2D eigenvalue weighted by Crippen LogP contribution is -2.28. The third-order valence-electron chi connectivity index (χ3n) is 3.42. The van der Waals surface area contributed by atoms with Crippen molar-refractivity contribution in [3.05, 3.63) is 23.4 Å². The molecule has 0 radical (unpaired) electrons. The molecule has 1 N–H and O–H groups in total. The summed E-state index contributed by atoms with van der Waals surface area (Å²) in [5.74, 6) is 0.725. The van der Waals surface area contributed by atoms with Crippen molar-refractivity contribution >= 4 is 0 Å². The molecule has 0 saturated carbocycles. The molecule has 0 aromatic carbocycles. The van der Waals surface area contributed by atoms with Gasteiger partial charge in [-0.05, 0) is 25.6 Å². The summed E-state index contributed by atoms with van der Waals surface area (Å²) in [6, 6.07) is 4.55. The van der Waals surface area contributed by atoms with Gasteiger partial charge in [-0.2, -0.15) is 0 Å². The van der Waals surface area contributed by atoms with Gasteiger partial charge in [-0.25, -0.2) is 4.98 Å². The second-order valence-corrected chi connectivity index (χ2v) is 5.30. The first-order chi connectivity index (χ1) is 9.56. The molecule has 0 fully saturated rings. The van der Waals surface area contributed by atoms with Crippen molar-refractivity contribution in [2.45, 2.75) is 47.2 Å². The molecule has 0 aliphatic rings. The first-order valence-electron chi connectivity index (χ1n) is 7.61. The average molecular weight is 279 g/mol. The first-order valence-corrected chi connectivity index (χ1v) is 7.61. The summed E-state index contributed by atoms with van der Waals surface area (Å²) in [4.78, 5) is 6.86. The van der Waals surface area contributed by atoms with Gasteiger partial charge < -0.3 is 15.0 Å². The second-order valence-electron chi connectivity index (χ2n) is 5.30. The van der Waals surface area contributed by atoms with Crippen molar-refractivity contribution in [2.24, 2.45) is 0 Å². The van der Waals surface area contributed by atoms with E-state index in [0.717, 1.165) is 37.8 Å². The van der Waals surface area contributed by atoms with E-state index >= 15 is 0 Å². The highest BCUT2D eigenvalue weighted by Gasteiger charge is 2.04. The van der Waals surface area contributed by atoms with Gasteiger partial charge in [-0.1, -0.05) is 33.8 Å². The molecule has 0 bridgehead atoms. The number of hydrogen-bond acceptors (Lipinski definition) is 4. The monoisotopic (exact) mass is 279 g/mol. The van der Waals surface area contributed by atoms with Crippen LogP contribution >= 0.6 is 0 Å². The van der Waals surface area contributed by atoms with E-state index in [0.29, 0.717) is 12.6 Å². The summed E-state index contributed by atoms with van der Waals surface area (Å²) in [7, 11) is 0. The summed E-state index contributed by atoms with van der Waals surface area (Å²) in [5.41, 5.74) is 2.27. The molecule has 0 aliphatic heterocycles. The number of pyridine rings is 1. The fraction of sp³-hybridized carbons (Fsp3) is 0.688. The molecule has 1 rings (SSSR count). The Morgan fingerprint density at radius 2 is 1.95 bits per heavy atom. The minimum Gasteiger partial charge on any atom is -0.476 e. The van der Waals surface area contributed by atoms with Crippen molar-refractivity contribution in [1.82, 2.24) is 15.2 Å². The van der Waals surface area contributed by atoms with Crippen LogP contribution in [0.25, 0.3) is 0 Å². The molecule has 0 aliphatic carbocycles. The predicted octanol–water partition coefficient (Wildman–Crippen LogP) is 2.61. The molecule has 4 heteroatoms. The Morgan fingerprint density at radius 1 is 1.25 bits per heavy atom. The van der Waals surface area contributed by atoms with Crippen LogP contribution in [0.15, 0.2) is 12.1 Å². The van der Waals surface area contributed by atoms with E-state index in [4.69, 9.17) is 4.74 Å². The zero-order valence-corrected chi connectivity index (χ0v) is 13.6. The molecule has 20 heavy (non-hydrogen) atoms.